The van der Waals surface area contributed by atoms with Crippen LogP contribution in [0.1, 0.15) is 24.2 Å². The Hall–Kier alpha value is -2.40. The van der Waals surface area contributed by atoms with Gasteiger partial charge >= 0.3 is 0 Å². The van der Waals surface area contributed by atoms with Gasteiger partial charge in [-0.2, -0.15) is 0 Å². The Morgan fingerprint density at radius 2 is 1.96 bits per heavy atom. The smallest absolute Gasteiger partial charge is 0.137 e. The van der Waals surface area contributed by atoms with Gasteiger partial charge in [-0.15, -0.1) is 0 Å². The Labute approximate surface area is 140 Å². The zero-order chi connectivity index (χ0) is 16.6. The number of imidazole rings is 1. The third kappa shape index (κ3) is 2.57. The summed E-state index contributed by atoms with van der Waals surface area (Å²) in [5.74, 6) is 0.686. The number of rotatable bonds is 4. The Balaban J connectivity index is 2.39. The molecule has 0 aliphatic rings. The van der Waals surface area contributed by atoms with Crippen LogP contribution in [-0.4, -0.2) is 21.5 Å². The lowest BCUT2D eigenvalue weighted by Crippen LogP contribution is -2.19. The fourth-order valence-electron chi connectivity index (χ4n) is 2.85. The number of para-hydroxylation sites is 1. The van der Waals surface area contributed by atoms with Crippen molar-refractivity contribution >= 4 is 22.9 Å². The van der Waals surface area contributed by atoms with Crippen LogP contribution in [0.3, 0.4) is 0 Å². The third-order valence-electron chi connectivity index (χ3n) is 4.07. The lowest BCUT2D eigenvalue weighted by Gasteiger charge is -2.15. The van der Waals surface area contributed by atoms with Crippen LogP contribution in [0.4, 0.5) is 0 Å². The molecule has 1 unspecified atom stereocenters. The van der Waals surface area contributed by atoms with Gasteiger partial charge in [0.25, 0.3) is 0 Å². The maximum Gasteiger partial charge on any atom is 0.137 e. The Morgan fingerprint density at radius 1 is 1.22 bits per heavy atom. The molecule has 0 spiro atoms. The van der Waals surface area contributed by atoms with Gasteiger partial charge in [-0.1, -0.05) is 37.3 Å². The van der Waals surface area contributed by atoms with Gasteiger partial charge in [0.1, 0.15) is 11.4 Å². The molecular formula is C18H19N3OS. The number of nitrogens with two attached hydrogens (primary N) is 1. The number of aryl methyl sites for hydroxylation is 1. The fraction of sp³-hybridized carbons (Fsp3) is 0.222. The molecular weight excluding hydrogens is 306 g/mol. The molecule has 1 aromatic carbocycles. The molecule has 3 aromatic rings. The number of pyridine rings is 1. The van der Waals surface area contributed by atoms with Gasteiger partial charge < -0.3 is 10.5 Å². The lowest BCUT2D eigenvalue weighted by atomic mass is 10.0. The highest BCUT2D eigenvalue weighted by molar-refractivity contribution is 7.80. The molecule has 0 bridgehead atoms. The number of benzene rings is 1. The monoisotopic (exact) mass is 325 g/mol. The van der Waals surface area contributed by atoms with Crippen LogP contribution in [0, 0.1) is 6.92 Å². The van der Waals surface area contributed by atoms with Crippen molar-refractivity contribution in [1.82, 2.24) is 9.38 Å². The van der Waals surface area contributed by atoms with Crippen molar-refractivity contribution in [1.29, 1.82) is 0 Å². The molecule has 0 amide bonds. The normalized spacial score (nSPS) is 12.3. The molecule has 0 saturated carbocycles. The minimum atomic E-state index is -0.0963. The van der Waals surface area contributed by atoms with Crippen molar-refractivity contribution in [3.8, 4) is 17.0 Å². The highest BCUT2D eigenvalue weighted by atomic mass is 32.1. The Kier molecular flexibility index (Phi) is 4.05. The van der Waals surface area contributed by atoms with Crippen molar-refractivity contribution in [3.63, 3.8) is 0 Å². The number of fused-ring (bicyclic) bond motifs is 1. The first-order valence-electron chi connectivity index (χ1n) is 7.45. The highest BCUT2D eigenvalue weighted by Crippen LogP contribution is 2.36. The van der Waals surface area contributed by atoms with E-state index in [0.717, 1.165) is 34.0 Å². The predicted octanol–water partition coefficient (Wildman–Crippen LogP) is 3.71. The lowest BCUT2D eigenvalue weighted by molar-refractivity contribution is 0.416. The molecule has 0 fully saturated rings. The standard InChI is InChI=1S/C18H19N3OS/c1-11-7-6-10-15-20-16(13-8-4-5-9-14(13)22-3)17(21(11)15)12(2)18(19)23/h4-10,12H,1-3H3,(H2,19,23). The molecule has 0 aliphatic carbocycles. The second-order valence-corrected chi connectivity index (χ2v) is 6.00. The summed E-state index contributed by atoms with van der Waals surface area (Å²) in [7, 11) is 1.66. The molecule has 2 heterocycles. The maximum absolute atomic E-state index is 5.94. The highest BCUT2D eigenvalue weighted by Gasteiger charge is 2.23. The zero-order valence-corrected chi connectivity index (χ0v) is 14.2. The SMILES string of the molecule is COc1ccccc1-c1nc2cccc(C)n2c1C(C)C(N)=S. The summed E-state index contributed by atoms with van der Waals surface area (Å²) in [6, 6.07) is 13.9. The van der Waals surface area contributed by atoms with Crippen LogP contribution in [0.5, 0.6) is 5.75 Å². The van der Waals surface area contributed by atoms with E-state index in [1.807, 2.05) is 43.3 Å². The molecule has 3 rings (SSSR count). The number of hydrogen-bond donors (Lipinski definition) is 1. The van der Waals surface area contributed by atoms with Gasteiger partial charge in [0.15, 0.2) is 0 Å². The van der Waals surface area contributed by atoms with Gasteiger partial charge in [0, 0.05) is 17.2 Å². The van der Waals surface area contributed by atoms with Crippen LogP contribution in [0.15, 0.2) is 42.5 Å². The van der Waals surface area contributed by atoms with Crippen molar-refractivity contribution < 1.29 is 4.74 Å². The second-order valence-electron chi connectivity index (χ2n) is 5.53. The van der Waals surface area contributed by atoms with E-state index in [9.17, 15) is 0 Å². The quantitative estimate of drug-likeness (QED) is 0.743. The summed E-state index contributed by atoms with van der Waals surface area (Å²) in [5.41, 5.74) is 10.7. The van der Waals surface area contributed by atoms with Crippen molar-refractivity contribution in [2.45, 2.75) is 19.8 Å². The van der Waals surface area contributed by atoms with E-state index >= 15 is 0 Å². The fourth-order valence-corrected chi connectivity index (χ4v) is 2.97. The Bertz CT molecular complexity index is 885. The van der Waals surface area contributed by atoms with E-state index in [2.05, 4.69) is 17.4 Å². The van der Waals surface area contributed by atoms with Crippen LogP contribution >= 0.6 is 12.2 Å². The third-order valence-corrected chi connectivity index (χ3v) is 4.43. The average molecular weight is 325 g/mol. The molecule has 5 heteroatoms. The number of ether oxygens (including phenoxy) is 1. The number of nitrogens with zero attached hydrogens (tertiary/aromatic N) is 2. The largest absolute Gasteiger partial charge is 0.496 e. The summed E-state index contributed by atoms with van der Waals surface area (Å²) in [6.45, 7) is 4.06. The van der Waals surface area contributed by atoms with Crippen molar-refractivity contribution in [2.24, 2.45) is 5.73 Å². The summed E-state index contributed by atoms with van der Waals surface area (Å²) in [6.07, 6.45) is 0. The van der Waals surface area contributed by atoms with Gasteiger partial charge in [-0.05, 0) is 31.2 Å². The van der Waals surface area contributed by atoms with E-state index < -0.39 is 0 Å². The molecule has 0 radical (unpaired) electrons. The number of aromatic nitrogens is 2. The van der Waals surface area contributed by atoms with Gasteiger partial charge in [0.05, 0.1) is 23.5 Å². The molecule has 23 heavy (non-hydrogen) atoms. The molecule has 2 N–H and O–H groups in total. The minimum absolute atomic E-state index is 0.0963. The number of thiocarbonyl (C=S) groups is 1. The summed E-state index contributed by atoms with van der Waals surface area (Å²) in [4.78, 5) is 5.27. The van der Waals surface area contributed by atoms with E-state index in [-0.39, 0.29) is 5.92 Å². The van der Waals surface area contributed by atoms with Gasteiger partial charge in [-0.25, -0.2) is 4.98 Å². The second kappa shape index (κ2) is 6.01. The predicted molar refractivity (Wildman–Crippen MR) is 97.1 cm³/mol. The first-order valence-corrected chi connectivity index (χ1v) is 7.86. The van der Waals surface area contributed by atoms with Crippen LogP contribution in [0.2, 0.25) is 0 Å². The van der Waals surface area contributed by atoms with Gasteiger partial charge in [-0.3, -0.25) is 4.40 Å². The maximum atomic E-state index is 5.94. The first kappa shape index (κ1) is 15.5. The van der Waals surface area contributed by atoms with E-state index in [1.165, 1.54) is 0 Å². The van der Waals surface area contributed by atoms with Crippen LogP contribution in [-0.2, 0) is 0 Å². The molecule has 2 aromatic heterocycles. The summed E-state index contributed by atoms with van der Waals surface area (Å²) >= 11 is 5.25. The molecule has 0 saturated heterocycles. The van der Waals surface area contributed by atoms with Crippen LogP contribution in [0.25, 0.3) is 16.9 Å². The molecule has 4 nitrogen and oxygen atoms in total. The van der Waals surface area contributed by atoms with E-state index in [4.69, 9.17) is 27.7 Å². The van der Waals surface area contributed by atoms with E-state index in [0.29, 0.717) is 4.99 Å². The topological polar surface area (TPSA) is 52.5 Å². The number of hydrogen-bond acceptors (Lipinski definition) is 3. The molecule has 0 aliphatic heterocycles. The Morgan fingerprint density at radius 3 is 2.65 bits per heavy atom. The summed E-state index contributed by atoms with van der Waals surface area (Å²) < 4.78 is 7.62. The summed E-state index contributed by atoms with van der Waals surface area (Å²) in [5, 5.41) is 0. The van der Waals surface area contributed by atoms with Crippen molar-refractivity contribution in [2.75, 3.05) is 7.11 Å². The van der Waals surface area contributed by atoms with E-state index in [1.54, 1.807) is 7.11 Å². The van der Waals surface area contributed by atoms with Crippen LogP contribution < -0.4 is 10.5 Å². The first-order chi connectivity index (χ1) is 11.0. The minimum Gasteiger partial charge on any atom is -0.496 e. The average Bonchev–Trinajstić information content (AvgIpc) is 2.94. The van der Waals surface area contributed by atoms with Gasteiger partial charge in [0.2, 0.25) is 0 Å². The van der Waals surface area contributed by atoms with Crippen molar-refractivity contribution in [3.05, 3.63) is 53.9 Å². The molecule has 1 atom stereocenters. The zero-order valence-electron chi connectivity index (χ0n) is 13.4. The number of methoxy groups -OCH3 is 1. The molecule has 118 valence electrons.